The molecule has 0 saturated carbocycles. The number of aldehydes is 1. The molecular formula is C13H17NO4. The fourth-order valence-electron chi connectivity index (χ4n) is 1.47. The van der Waals surface area contributed by atoms with Crippen molar-refractivity contribution >= 4 is 12.4 Å². The van der Waals surface area contributed by atoms with Crippen LogP contribution in [-0.2, 0) is 16.1 Å². The summed E-state index contributed by atoms with van der Waals surface area (Å²) in [6.07, 6.45) is 0.202. The molecule has 0 aliphatic rings. The van der Waals surface area contributed by atoms with Gasteiger partial charge in [-0.15, -0.1) is 0 Å². The Hall–Kier alpha value is -1.88. The number of nitrogens with one attached hydrogen (secondary N) is 1. The van der Waals surface area contributed by atoms with Gasteiger partial charge in [-0.2, -0.15) is 0 Å². The van der Waals surface area contributed by atoms with Crippen LogP contribution >= 0.6 is 0 Å². The standard InChI is InChI=1S/C13H17NO4/c1-2-8-13(17,10-15)14-12(16)18-9-11-6-4-3-5-7-11/h3-7,10,17H,2,8-9H2,1H3,(H,14,16). The Morgan fingerprint density at radius 3 is 2.67 bits per heavy atom. The first-order valence-corrected chi connectivity index (χ1v) is 5.77. The Labute approximate surface area is 106 Å². The second-order valence-corrected chi connectivity index (χ2v) is 3.98. The molecule has 2 N–H and O–H groups in total. The molecule has 5 heteroatoms. The Kier molecular flexibility index (Phi) is 5.32. The third-order valence-electron chi connectivity index (χ3n) is 2.36. The van der Waals surface area contributed by atoms with E-state index in [0.29, 0.717) is 12.7 Å². The zero-order valence-corrected chi connectivity index (χ0v) is 10.3. The van der Waals surface area contributed by atoms with Crippen LogP contribution in [0.25, 0.3) is 0 Å². The zero-order chi connectivity index (χ0) is 13.4. The summed E-state index contributed by atoms with van der Waals surface area (Å²) >= 11 is 0. The van der Waals surface area contributed by atoms with Crippen molar-refractivity contribution in [1.29, 1.82) is 0 Å². The highest BCUT2D eigenvalue weighted by Crippen LogP contribution is 2.07. The Morgan fingerprint density at radius 1 is 1.44 bits per heavy atom. The molecule has 0 spiro atoms. The van der Waals surface area contributed by atoms with E-state index in [1.54, 1.807) is 6.92 Å². The first kappa shape index (κ1) is 14.2. The van der Waals surface area contributed by atoms with Crippen molar-refractivity contribution in [2.45, 2.75) is 32.1 Å². The number of ether oxygens (including phenoxy) is 1. The number of benzene rings is 1. The summed E-state index contributed by atoms with van der Waals surface area (Å²) in [6.45, 7) is 1.89. The van der Waals surface area contributed by atoms with Crippen LogP contribution < -0.4 is 5.32 Å². The van der Waals surface area contributed by atoms with Crippen LogP contribution in [0.2, 0.25) is 0 Å². The van der Waals surface area contributed by atoms with Crippen molar-refractivity contribution in [3.8, 4) is 0 Å². The van der Waals surface area contributed by atoms with E-state index in [1.165, 1.54) is 0 Å². The summed E-state index contributed by atoms with van der Waals surface area (Å²) in [5.41, 5.74) is -1.01. The maximum atomic E-state index is 11.4. The van der Waals surface area contributed by atoms with Crippen LogP contribution in [0.5, 0.6) is 0 Å². The number of carbonyl (C=O) groups excluding carboxylic acids is 2. The van der Waals surface area contributed by atoms with Crippen molar-refractivity contribution in [2.75, 3.05) is 0 Å². The van der Waals surface area contributed by atoms with E-state index in [-0.39, 0.29) is 13.0 Å². The van der Waals surface area contributed by atoms with Gasteiger partial charge in [0.25, 0.3) is 0 Å². The first-order chi connectivity index (χ1) is 8.59. The van der Waals surface area contributed by atoms with Crippen molar-refractivity contribution in [3.05, 3.63) is 35.9 Å². The predicted octanol–water partition coefficient (Wildman–Crippen LogP) is 1.60. The normalized spacial score (nSPS) is 13.4. The summed E-state index contributed by atoms with van der Waals surface area (Å²) in [6, 6.07) is 9.14. The lowest BCUT2D eigenvalue weighted by molar-refractivity contribution is -0.127. The van der Waals surface area contributed by atoms with Crippen LogP contribution in [0, 0.1) is 0 Å². The van der Waals surface area contributed by atoms with Crippen LogP contribution in [0.15, 0.2) is 30.3 Å². The van der Waals surface area contributed by atoms with Gasteiger partial charge in [-0.05, 0) is 5.56 Å². The van der Waals surface area contributed by atoms with Crippen molar-refractivity contribution in [1.82, 2.24) is 5.32 Å². The van der Waals surface area contributed by atoms with Crippen molar-refractivity contribution in [2.24, 2.45) is 0 Å². The Bertz CT molecular complexity index is 393. The number of carbonyl (C=O) groups is 2. The molecule has 0 heterocycles. The Balaban J connectivity index is 2.44. The topological polar surface area (TPSA) is 75.6 Å². The van der Waals surface area contributed by atoms with Gasteiger partial charge in [-0.25, -0.2) is 4.79 Å². The molecule has 0 saturated heterocycles. The molecule has 1 aromatic rings. The smallest absolute Gasteiger partial charge is 0.410 e. The minimum Gasteiger partial charge on any atom is -0.445 e. The van der Waals surface area contributed by atoms with Crippen molar-refractivity contribution in [3.63, 3.8) is 0 Å². The van der Waals surface area contributed by atoms with Crippen LogP contribution in [0.4, 0.5) is 4.79 Å². The monoisotopic (exact) mass is 251 g/mol. The average Bonchev–Trinajstić information content (AvgIpc) is 2.38. The third kappa shape index (κ3) is 4.55. The minimum absolute atomic E-state index is 0.0910. The van der Waals surface area contributed by atoms with Crippen LogP contribution in [0.3, 0.4) is 0 Å². The van der Waals surface area contributed by atoms with Crippen molar-refractivity contribution < 1.29 is 19.4 Å². The lowest BCUT2D eigenvalue weighted by Gasteiger charge is -2.21. The average molecular weight is 251 g/mol. The minimum atomic E-state index is -1.84. The molecule has 1 aromatic carbocycles. The highest BCUT2D eigenvalue weighted by atomic mass is 16.6. The molecule has 0 radical (unpaired) electrons. The lowest BCUT2D eigenvalue weighted by atomic mass is 10.1. The van der Waals surface area contributed by atoms with E-state index in [2.05, 4.69) is 5.32 Å². The molecule has 1 atom stereocenters. The highest BCUT2D eigenvalue weighted by molar-refractivity contribution is 5.74. The van der Waals surface area contributed by atoms with Gasteiger partial charge in [0, 0.05) is 6.42 Å². The van der Waals surface area contributed by atoms with E-state index in [4.69, 9.17) is 4.74 Å². The van der Waals surface area contributed by atoms with Gasteiger partial charge >= 0.3 is 6.09 Å². The lowest BCUT2D eigenvalue weighted by Crippen LogP contribution is -2.49. The van der Waals surface area contributed by atoms with Crippen LogP contribution in [0.1, 0.15) is 25.3 Å². The molecule has 1 rings (SSSR count). The van der Waals surface area contributed by atoms with E-state index in [0.717, 1.165) is 5.56 Å². The number of aliphatic hydroxyl groups is 1. The number of amides is 1. The molecule has 0 aliphatic carbocycles. The van der Waals surface area contributed by atoms with Gasteiger partial charge in [0.05, 0.1) is 0 Å². The summed E-state index contributed by atoms with van der Waals surface area (Å²) in [4.78, 5) is 22.1. The highest BCUT2D eigenvalue weighted by Gasteiger charge is 2.27. The summed E-state index contributed by atoms with van der Waals surface area (Å²) in [7, 11) is 0. The molecule has 18 heavy (non-hydrogen) atoms. The van der Waals surface area contributed by atoms with Gasteiger partial charge < -0.3 is 9.84 Å². The van der Waals surface area contributed by atoms with E-state index in [9.17, 15) is 14.7 Å². The van der Waals surface area contributed by atoms with Gasteiger partial charge in [-0.1, -0.05) is 43.7 Å². The SMILES string of the molecule is CCCC(O)(C=O)NC(=O)OCc1ccccc1. The molecule has 98 valence electrons. The van der Waals surface area contributed by atoms with E-state index < -0.39 is 11.8 Å². The molecule has 0 aromatic heterocycles. The second-order valence-electron chi connectivity index (χ2n) is 3.98. The second kappa shape index (κ2) is 6.76. The molecule has 1 unspecified atom stereocenters. The number of hydrogen-bond donors (Lipinski definition) is 2. The summed E-state index contributed by atoms with van der Waals surface area (Å²) < 4.78 is 4.90. The van der Waals surface area contributed by atoms with Gasteiger partial charge in [0.1, 0.15) is 6.61 Å². The predicted molar refractivity (Wildman–Crippen MR) is 65.7 cm³/mol. The molecule has 0 fully saturated rings. The maximum absolute atomic E-state index is 11.4. The van der Waals surface area contributed by atoms with Gasteiger partial charge in [-0.3, -0.25) is 10.1 Å². The largest absolute Gasteiger partial charge is 0.445 e. The van der Waals surface area contributed by atoms with E-state index >= 15 is 0 Å². The van der Waals surface area contributed by atoms with Crippen LogP contribution in [-0.4, -0.2) is 23.2 Å². The molecule has 5 nitrogen and oxygen atoms in total. The summed E-state index contributed by atoms with van der Waals surface area (Å²) in [5.74, 6) is 0. The number of alkyl carbamates (subject to hydrolysis) is 1. The maximum Gasteiger partial charge on any atom is 0.410 e. The molecule has 1 amide bonds. The third-order valence-corrected chi connectivity index (χ3v) is 2.36. The van der Waals surface area contributed by atoms with Gasteiger partial charge in [0.2, 0.25) is 0 Å². The van der Waals surface area contributed by atoms with Gasteiger partial charge in [0.15, 0.2) is 12.0 Å². The fraction of sp³-hybridized carbons (Fsp3) is 0.385. The fourth-order valence-corrected chi connectivity index (χ4v) is 1.47. The molecule has 0 aliphatic heterocycles. The van der Waals surface area contributed by atoms with E-state index in [1.807, 2.05) is 30.3 Å². The number of hydrogen-bond acceptors (Lipinski definition) is 4. The molecular weight excluding hydrogens is 234 g/mol. The zero-order valence-electron chi connectivity index (χ0n) is 10.3. The number of rotatable bonds is 6. The quantitative estimate of drug-likeness (QED) is 0.595. The Morgan fingerprint density at radius 2 is 2.11 bits per heavy atom. The first-order valence-electron chi connectivity index (χ1n) is 5.77. The summed E-state index contributed by atoms with van der Waals surface area (Å²) in [5, 5.41) is 11.8. The molecule has 0 bridgehead atoms.